The van der Waals surface area contributed by atoms with Crippen LogP contribution in [0.15, 0.2) is 33.8 Å². The monoisotopic (exact) mass is 204 g/mol. The van der Waals surface area contributed by atoms with E-state index in [-0.39, 0.29) is 11.1 Å². The van der Waals surface area contributed by atoms with Gasteiger partial charge >= 0.3 is 0 Å². The summed E-state index contributed by atoms with van der Waals surface area (Å²) in [6.07, 6.45) is 1.17. The average Bonchev–Trinajstić information content (AvgIpc) is 2.69. The molecule has 15 heavy (non-hydrogen) atoms. The van der Waals surface area contributed by atoms with Crippen LogP contribution in [0.25, 0.3) is 22.0 Å². The lowest BCUT2D eigenvalue weighted by atomic mass is 10.2. The standard InChI is InChI=1S/C10H5FN2O2/c11-6-3-1-2-5-7(6)13-10(14)9-8(5)12-4-15-9/h1-4H,(H,13,14). The van der Waals surface area contributed by atoms with Crippen LogP contribution in [-0.4, -0.2) is 9.97 Å². The molecule has 0 fully saturated rings. The molecule has 1 aromatic carbocycles. The van der Waals surface area contributed by atoms with Gasteiger partial charge < -0.3 is 9.40 Å². The molecule has 0 aliphatic heterocycles. The number of rotatable bonds is 0. The van der Waals surface area contributed by atoms with Gasteiger partial charge in [-0.1, -0.05) is 12.1 Å². The molecule has 0 radical (unpaired) electrons. The molecule has 1 N–H and O–H groups in total. The van der Waals surface area contributed by atoms with E-state index in [1.165, 1.54) is 12.5 Å². The van der Waals surface area contributed by atoms with E-state index in [1.807, 2.05) is 0 Å². The van der Waals surface area contributed by atoms with E-state index in [2.05, 4.69) is 9.97 Å². The van der Waals surface area contributed by atoms with Gasteiger partial charge in [0.1, 0.15) is 11.3 Å². The second kappa shape index (κ2) is 2.66. The molecule has 0 atom stereocenters. The molecule has 0 spiro atoms. The highest BCUT2D eigenvalue weighted by Crippen LogP contribution is 2.21. The molecule has 3 rings (SSSR count). The van der Waals surface area contributed by atoms with Crippen molar-refractivity contribution in [2.45, 2.75) is 0 Å². The largest absolute Gasteiger partial charge is 0.438 e. The van der Waals surface area contributed by atoms with Gasteiger partial charge in [-0.3, -0.25) is 4.79 Å². The van der Waals surface area contributed by atoms with Gasteiger partial charge in [-0.15, -0.1) is 0 Å². The molecular weight excluding hydrogens is 199 g/mol. The third-order valence-electron chi connectivity index (χ3n) is 2.28. The van der Waals surface area contributed by atoms with Crippen LogP contribution in [0, 0.1) is 5.82 Å². The van der Waals surface area contributed by atoms with Gasteiger partial charge in [0.15, 0.2) is 6.39 Å². The minimum atomic E-state index is -0.477. The lowest BCUT2D eigenvalue weighted by Crippen LogP contribution is -2.06. The number of pyridine rings is 1. The second-order valence-electron chi connectivity index (χ2n) is 3.15. The van der Waals surface area contributed by atoms with E-state index in [4.69, 9.17) is 4.42 Å². The highest BCUT2D eigenvalue weighted by atomic mass is 19.1. The predicted octanol–water partition coefficient (Wildman–Crippen LogP) is 1.81. The summed E-state index contributed by atoms with van der Waals surface area (Å²) in [5.41, 5.74) is 0.186. The van der Waals surface area contributed by atoms with Gasteiger partial charge in [-0.05, 0) is 6.07 Å². The third-order valence-corrected chi connectivity index (χ3v) is 2.28. The topological polar surface area (TPSA) is 58.9 Å². The quantitative estimate of drug-likeness (QED) is 0.607. The molecule has 0 saturated heterocycles. The Morgan fingerprint density at radius 2 is 2.27 bits per heavy atom. The van der Waals surface area contributed by atoms with Crippen LogP contribution >= 0.6 is 0 Å². The number of nitrogens with zero attached hydrogens (tertiary/aromatic N) is 1. The summed E-state index contributed by atoms with van der Waals surface area (Å²) in [4.78, 5) is 17.8. The summed E-state index contributed by atoms with van der Waals surface area (Å²) in [6.45, 7) is 0. The Balaban J connectivity index is 2.72. The predicted molar refractivity (Wildman–Crippen MR) is 52.1 cm³/mol. The number of H-pyrrole nitrogens is 1. The van der Waals surface area contributed by atoms with Crippen LogP contribution in [0.1, 0.15) is 0 Å². The molecule has 0 saturated carbocycles. The fourth-order valence-corrected chi connectivity index (χ4v) is 1.62. The SMILES string of the molecule is O=c1[nH]c2c(F)cccc2c2ncoc12. The zero-order valence-corrected chi connectivity index (χ0v) is 7.45. The number of halogens is 1. The van der Waals surface area contributed by atoms with Crippen LogP contribution in [0.2, 0.25) is 0 Å². The van der Waals surface area contributed by atoms with Crippen molar-refractivity contribution >= 4 is 22.0 Å². The molecule has 3 aromatic rings. The van der Waals surface area contributed by atoms with E-state index < -0.39 is 11.4 Å². The third kappa shape index (κ3) is 0.999. The van der Waals surface area contributed by atoms with Crippen LogP contribution in [0.3, 0.4) is 0 Å². The first-order valence-electron chi connectivity index (χ1n) is 4.31. The number of fused-ring (bicyclic) bond motifs is 3. The van der Waals surface area contributed by atoms with Gasteiger partial charge in [0.2, 0.25) is 5.58 Å². The smallest absolute Gasteiger partial charge is 0.293 e. The van der Waals surface area contributed by atoms with Gasteiger partial charge in [0.25, 0.3) is 5.56 Å². The van der Waals surface area contributed by atoms with Crippen molar-refractivity contribution in [1.82, 2.24) is 9.97 Å². The number of hydrogen-bond acceptors (Lipinski definition) is 3. The highest BCUT2D eigenvalue weighted by molar-refractivity contribution is 6.00. The van der Waals surface area contributed by atoms with Gasteiger partial charge in [-0.2, -0.15) is 0 Å². The molecule has 74 valence electrons. The van der Waals surface area contributed by atoms with Crippen LogP contribution in [0.5, 0.6) is 0 Å². The normalized spacial score (nSPS) is 11.3. The Kier molecular flexibility index (Phi) is 1.45. The van der Waals surface area contributed by atoms with E-state index in [0.717, 1.165) is 0 Å². The molecular formula is C10H5FN2O2. The fraction of sp³-hybridized carbons (Fsp3) is 0. The first-order valence-corrected chi connectivity index (χ1v) is 4.31. The molecule has 0 amide bonds. The Labute approximate surface area is 82.4 Å². The lowest BCUT2D eigenvalue weighted by Gasteiger charge is -1.98. The second-order valence-corrected chi connectivity index (χ2v) is 3.15. The van der Waals surface area contributed by atoms with Crippen molar-refractivity contribution in [2.75, 3.05) is 0 Å². The molecule has 0 bridgehead atoms. The number of oxazole rings is 1. The molecule has 0 unspecified atom stereocenters. The Hall–Kier alpha value is -2.17. The summed E-state index contributed by atoms with van der Waals surface area (Å²) in [5, 5.41) is 0.540. The highest BCUT2D eigenvalue weighted by Gasteiger charge is 2.11. The average molecular weight is 204 g/mol. The van der Waals surface area contributed by atoms with Crippen molar-refractivity contribution < 1.29 is 8.81 Å². The van der Waals surface area contributed by atoms with Crippen molar-refractivity contribution in [3.8, 4) is 0 Å². The zero-order chi connectivity index (χ0) is 10.4. The van der Waals surface area contributed by atoms with Crippen molar-refractivity contribution in [2.24, 2.45) is 0 Å². The Morgan fingerprint density at radius 3 is 3.13 bits per heavy atom. The number of benzene rings is 1. The first-order chi connectivity index (χ1) is 7.27. The zero-order valence-electron chi connectivity index (χ0n) is 7.45. The van der Waals surface area contributed by atoms with Crippen molar-refractivity contribution in [3.63, 3.8) is 0 Å². The van der Waals surface area contributed by atoms with Crippen LogP contribution < -0.4 is 5.56 Å². The number of aromatic amines is 1. The van der Waals surface area contributed by atoms with Gasteiger partial charge in [0.05, 0.1) is 5.52 Å². The van der Waals surface area contributed by atoms with E-state index in [0.29, 0.717) is 10.9 Å². The molecule has 5 heteroatoms. The van der Waals surface area contributed by atoms with E-state index in [1.54, 1.807) is 12.1 Å². The van der Waals surface area contributed by atoms with Gasteiger partial charge in [-0.25, -0.2) is 9.37 Å². The number of aromatic nitrogens is 2. The molecule has 0 aliphatic rings. The molecule has 2 heterocycles. The summed E-state index contributed by atoms with van der Waals surface area (Å²) < 4.78 is 18.3. The Morgan fingerprint density at radius 1 is 1.40 bits per heavy atom. The molecule has 0 aliphatic carbocycles. The van der Waals surface area contributed by atoms with Crippen molar-refractivity contribution in [3.05, 3.63) is 40.8 Å². The van der Waals surface area contributed by atoms with Crippen LogP contribution in [-0.2, 0) is 0 Å². The van der Waals surface area contributed by atoms with Crippen molar-refractivity contribution in [1.29, 1.82) is 0 Å². The fourth-order valence-electron chi connectivity index (χ4n) is 1.62. The maximum atomic E-state index is 13.4. The minimum Gasteiger partial charge on any atom is -0.438 e. The maximum absolute atomic E-state index is 13.4. The summed E-state index contributed by atoms with van der Waals surface area (Å²) in [5.74, 6) is -0.477. The number of hydrogen-bond donors (Lipinski definition) is 1. The molecule has 2 aromatic heterocycles. The van der Waals surface area contributed by atoms with Gasteiger partial charge in [0, 0.05) is 5.39 Å². The summed E-state index contributed by atoms with van der Waals surface area (Å²) >= 11 is 0. The first kappa shape index (κ1) is 8.16. The number of nitrogens with one attached hydrogen (secondary N) is 1. The summed E-state index contributed by atoms with van der Waals surface area (Å²) in [6, 6.07) is 4.52. The maximum Gasteiger partial charge on any atom is 0.293 e. The lowest BCUT2D eigenvalue weighted by molar-refractivity contribution is 0.597. The molecule has 4 nitrogen and oxygen atoms in total. The van der Waals surface area contributed by atoms with E-state index in [9.17, 15) is 9.18 Å². The minimum absolute atomic E-state index is 0.119. The Bertz CT molecular complexity index is 714. The summed E-state index contributed by atoms with van der Waals surface area (Å²) in [7, 11) is 0. The van der Waals surface area contributed by atoms with Crippen LogP contribution in [0.4, 0.5) is 4.39 Å². The number of para-hydroxylation sites is 1. The van der Waals surface area contributed by atoms with E-state index >= 15 is 0 Å².